The van der Waals surface area contributed by atoms with Crippen LogP contribution in [0.15, 0.2) is 12.3 Å². The molecule has 0 radical (unpaired) electrons. The van der Waals surface area contributed by atoms with E-state index in [2.05, 4.69) is 5.10 Å². The first kappa shape index (κ1) is 9.24. The van der Waals surface area contributed by atoms with Crippen molar-refractivity contribution in [2.45, 2.75) is 19.5 Å². The number of aromatic nitrogens is 2. The summed E-state index contributed by atoms with van der Waals surface area (Å²) < 4.78 is 1.37. The Bertz CT molecular complexity index is 266. The normalized spacial score (nSPS) is 11.8. The van der Waals surface area contributed by atoms with Crippen LogP contribution in [0.5, 0.6) is 0 Å². The number of hydrogen-bond acceptors (Lipinski definition) is 4. The maximum Gasteiger partial charge on any atom is 0.507 e. The third-order valence-corrected chi connectivity index (χ3v) is 1.48. The second-order valence-corrected chi connectivity index (χ2v) is 3.20. The van der Waals surface area contributed by atoms with Crippen LogP contribution in [0.2, 0.25) is 0 Å². The van der Waals surface area contributed by atoms with E-state index in [0.29, 0.717) is 5.59 Å². The minimum atomic E-state index is -1.53. The molecule has 0 unspecified atom stereocenters. The molecule has 0 saturated heterocycles. The van der Waals surface area contributed by atoms with Crippen LogP contribution in [-0.4, -0.2) is 26.9 Å². The van der Waals surface area contributed by atoms with Gasteiger partial charge in [0.1, 0.15) is 5.66 Å². The summed E-state index contributed by atoms with van der Waals surface area (Å²) in [6.07, 6.45) is 1.48. The molecular weight excluding hydrogens is 157 g/mol. The molecule has 0 aliphatic heterocycles. The summed E-state index contributed by atoms with van der Waals surface area (Å²) in [5, 5.41) is 21.7. The van der Waals surface area contributed by atoms with Crippen LogP contribution in [0.3, 0.4) is 0 Å². The molecule has 1 aromatic rings. The lowest BCUT2D eigenvalue weighted by Gasteiger charge is -2.22. The maximum atomic E-state index is 8.90. The summed E-state index contributed by atoms with van der Waals surface area (Å²) in [6, 6.07) is 1.51. The van der Waals surface area contributed by atoms with Gasteiger partial charge in [0, 0.05) is 6.20 Å². The second-order valence-electron chi connectivity index (χ2n) is 3.20. The van der Waals surface area contributed by atoms with E-state index in [4.69, 9.17) is 15.8 Å². The van der Waals surface area contributed by atoms with Gasteiger partial charge in [0.25, 0.3) is 0 Å². The molecule has 0 saturated carbocycles. The SMILES string of the molecule is CC(C)(N)n1nccc1B(O)O. The molecular formula is C6H12BN3O2. The summed E-state index contributed by atoms with van der Waals surface area (Å²) in [5.41, 5.74) is 5.29. The minimum absolute atomic E-state index is 0.294. The van der Waals surface area contributed by atoms with E-state index in [0.717, 1.165) is 0 Å². The number of nitrogens with two attached hydrogens (primary N) is 1. The smallest absolute Gasteiger partial charge is 0.422 e. The highest BCUT2D eigenvalue weighted by Crippen LogP contribution is 2.02. The van der Waals surface area contributed by atoms with E-state index in [-0.39, 0.29) is 0 Å². The van der Waals surface area contributed by atoms with Crippen molar-refractivity contribution in [3.8, 4) is 0 Å². The first-order valence-corrected chi connectivity index (χ1v) is 3.62. The van der Waals surface area contributed by atoms with Gasteiger partial charge in [-0.15, -0.1) is 0 Å². The average molecular weight is 169 g/mol. The van der Waals surface area contributed by atoms with E-state index in [1.165, 1.54) is 16.9 Å². The van der Waals surface area contributed by atoms with Gasteiger partial charge in [0.05, 0.1) is 5.59 Å². The zero-order chi connectivity index (χ0) is 9.35. The molecule has 6 heteroatoms. The second kappa shape index (κ2) is 2.89. The molecule has 0 aromatic carbocycles. The summed E-state index contributed by atoms with van der Waals surface area (Å²) in [4.78, 5) is 0. The van der Waals surface area contributed by atoms with Crippen molar-refractivity contribution in [2.75, 3.05) is 0 Å². The monoisotopic (exact) mass is 169 g/mol. The molecule has 0 aliphatic rings. The number of nitrogens with zero attached hydrogens (tertiary/aromatic N) is 2. The average Bonchev–Trinajstić information content (AvgIpc) is 2.30. The largest absolute Gasteiger partial charge is 0.507 e. The highest BCUT2D eigenvalue weighted by Gasteiger charge is 2.24. The first-order chi connectivity index (χ1) is 5.43. The summed E-state index contributed by atoms with van der Waals surface area (Å²) >= 11 is 0. The van der Waals surface area contributed by atoms with Crippen LogP contribution in [-0.2, 0) is 5.66 Å². The van der Waals surface area contributed by atoms with Crippen LogP contribution in [0, 0.1) is 0 Å². The molecule has 0 amide bonds. The summed E-state index contributed by atoms with van der Waals surface area (Å²) in [5.74, 6) is 0. The first-order valence-electron chi connectivity index (χ1n) is 3.62. The molecule has 0 bridgehead atoms. The Morgan fingerprint density at radius 3 is 2.50 bits per heavy atom. The Morgan fingerprint density at radius 2 is 2.17 bits per heavy atom. The van der Waals surface area contributed by atoms with Crippen LogP contribution in [0.25, 0.3) is 0 Å². The van der Waals surface area contributed by atoms with Gasteiger partial charge in [-0.25, -0.2) is 0 Å². The molecule has 5 nitrogen and oxygen atoms in total. The standard InChI is InChI=1S/C6H12BN3O2/c1-6(2,8)10-5(7(11)12)3-4-9-10/h3-4,11-12H,8H2,1-2H3. The summed E-state index contributed by atoms with van der Waals surface area (Å²) in [7, 11) is -1.53. The van der Waals surface area contributed by atoms with E-state index in [1.54, 1.807) is 13.8 Å². The lowest BCUT2D eigenvalue weighted by Crippen LogP contribution is -2.48. The Hall–Kier alpha value is -0.845. The van der Waals surface area contributed by atoms with E-state index >= 15 is 0 Å². The Morgan fingerprint density at radius 1 is 1.58 bits per heavy atom. The fourth-order valence-corrected chi connectivity index (χ4v) is 0.991. The highest BCUT2D eigenvalue weighted by atomic mass is 16.4. The van der Waals surface area contributed by atoms with Gasteiger partial charge in [-0.05, 0) is 19.9 Å². The van der Waals surface area contributed by atoms with Crippen LogP contribution < -0.4 is 11.3 Å². The minimum Gasteiger partial charge on any atom is -0.422 e. The van der Waals surface area contributed by atoms with E-state index < -0.39 is 12.8 Å². The molecule has 4 N–H and O–H groups in total. The van der Waals surface area contributed by atoms with Gasteiger partial charge in [0.15, 0.2) is 0 Å². The molecule has 0 fully saturated rings. The van der Waals surface area contributed by atoms with Crippen molar-refractivity contribution < 1.29 is 10.0 Å². The van der Waals surface area contributed by atoms with Gasteiger partial charge < -0.3 is 15.8 Å². The quantitative estimate of drug-likeness (QED) is 0.456. The van der Waals surface area contributed by atoms with Crippen molar-refractivity contribution in [1.82, 2.24) is 9.78 Å². The van der Waals surface area contributed by atoms with Gasteiger partial charge >= 0.3 is 7.12 Å². The lowest BCUT2D eigenvalue weighted by atomic mass is 9.86. The zero-order valence-corrected chi connectivity index (χ0v) is 7.10. The predicted molar refractivity (Wildman–Crippen MR) is 45.6 cm³/mol. The molecule has 0 spiro atoms. The van der Waals surface area contributed by atoms with Crippen molar-refractivity contribution in [1.29, 1.82) is 0 Å². The Labute approximate surface area is 71.0 Å². The predicted octanol–water partition coefficient (Wildman–Crippen LogP) is -1.79. The maximum absolute atomic E-state index is 8.90. The van der Waals surface area contributed by atoms with Crippen molar-refractivity contribution in [2.24, 2.45) is 5.73 Å². The molecule has 0 atom stereocenters. The van der Waals surface area contributed by atoms with E-state index in [1.807, 2.05) is 0 Å². The summed E-state index contributed by atoms with van der Waals surface area (Å²) in [6.45, 7) is 3.46. The van der Waals surface area contributed by atoms with Crippen molar-refractivity contribution in [3.05, 3.63) is 12.3 Å². The Kier molecular flexibility index (Phi) is 2.23. The molecule has 0 aliphatic carbocycles. The Balaban J connectivity index is 3.08. The number of hydrogen-bond donors (Lipinski definition) is 3. The third kappa shape index (κ3) is 1.66. The van der Waals surface area contributed by atoms with Gasteiger partial charge in [-0.3, -0.25) is 4.68 Å². The van der Waals surface area contributed by atoms with Crippen molar-refractivity contribution >= 4 is 12.7 Å². The van der Waals surface area contributed by atoms with Crippen LogP contribution in [0.4, 0.5) is 0 Å². The van der Waals surface area contributed by atoms with Gasteiger partial charge in [0.2, 0.25) is 0 Å². The molecule has 66 valence electrons. The molecule has 1 aromatic heterocycles. The van der Waals surface area contributed by atoms with E-state index in [9.17, 15) is 0 Å². The third-order valence-electron chi connectivity index (χ3n) is 1.48. The molecule has 1 heterocycles. The highest BCUT2D eigenvalue weighted by molar-refractivity contribution is 6.57. The van der Waals surface area contributed by atoms with Crippen molar-refractivity contribution in [3.63, 3.8) is 0 Å². The fraction of sp³-hybridized carbons (Fsp3) is 0.500. The number of rotatable bonds is 2. The fourth-order valence-electron chi connectivity index (χ4n) is 0.991. The lowest BCUT2D eigenvalue weighted by molar-refractivity contribution is 0.332. The van der Waals surface area contributed by atoms with Crippen LogP contribution >= 0.6 is 0 Å². The topological polar surface area (TPSA) is 84.3 Å². The zero-order valence-electron chi connectivity index (χ0n) is 7.10. The van der Waals surface area contributed by atoms with Crippen LogP contribution in [0.1, 0.15) is 13.8 Å². The van der Waals surface area contributed by atoms with Gasteiger partial charge in [-0.2, -0.15) is 5.10 Å². The van der Waals surface area contributed by atoms with Gasteiger partial charge in [-0.1, -0.05) is 0 Å². The molecule has 1 rings (SSSR count). The molecule has 12 heavy (non-hydrogen) atoms.